The fourth-order valence-electron chi connectivity index (χ4n) is 4.72. The number of ether oxygens (including phenoxy) is 2. The summed E-state index contributed by atoms with van der Waals surface area (Å²) in [7, 11) is 1.16. The Hall–Kier alpha value is -3.92. The van der Waals surface area contributed by atoms with Crippen LogP contribution in [0, 0.1) is 0 Å². The Kier molecular flexibility index (Phi) is 7.02. The van der Waals surface area contributed by atoms with E-state index in [-0.39, 0.29) is 25.5 Å². The molecule has 2 aliphatic rings. The van der Waals surface area contributed by atoms with Gasteiger partial charge in [0.1, 0.15) is 18.7 Å². The molecule has 1 saturated heterocycles. The van der Waals surface area contributed by atoms with Gasteiger partial charge in [-0.2, -0.15) is 0 Å². The number of benzene rings is 2. The number of likely N-dealkylation sites (tertiary alicyclic amines) is 1. The molecular weight excluding hydrogens is 456 g/mol. The SMILES string of the molecule is COC(=O)[C@@H]1C[C@@H](O)CN1C(=O)C[C@H](NC(=O)OCC1c2ccccc2-c2ccccc21)C(=O)O. The normalized spacial score (nSPS) is 19.4. The third-order valence-corrected chi connectivity index (χ3v) is 6.39. The summed E-state index contributed by atoms with van der Waals surface area (Å²) in [6.07, 6.45) is -2.52. The molecule has 2 aromatic carbocycles. The molecule has 0 radical (unpaired) electrons. The van der Waals surface area contributed by atoms with E-state index < -0.39 is 48.5 Å². The molecule has 3 atom stereocenters. The molecule has 4 rings (SSSR count). The molecule has 35 heavy (non-hydrogen) atoms. The number of alkyl carbamates (subject to hydrolysis) is 1. The minimum Gasteiger partial charge on any atom is -0.480 e. The third-order valence-electron chi connectivity index (χ3n) is 6.39. The zero-order valence-electron chi connectivity index (χ0n) is 19.0. The van der Waals surface area contributed by atoms with E-state index in [4.69, 9.17) is 4.74 Å². The van der Waals surface area contributed by atoms with Crippen molar-refractivity contribution < 1.29 is 38.9 Å². The topological polar surface area (TPSA) is 142 Å². The number of amides is 2. The predicted molar refractivity (Wildman–Crippen MR) is 122 cm³/mol. The highest BCUT2D eigenvalue weighted by Gasteiger charge is 2.41. The number of aliphatic carboxylic acids is 1. The van der Waals surface area contributed by atoms with Gasteiger partial charge in [-0.3, -0.25) is 4.79 Å². The smallest absolute Gasteiger partial charge is 0.407 e. The van der Waals surface area contributed by atoms with Crippen LogP contribution in [0.25, 0.3) is 11.1 Å². The molecule has 0 bridgehead atoms. The molecule has 0 unspecified atom stereocenters. The predicted octanol–water partition coefficient (Wildman–Crippen LogP) is 1.50. The van der Waals surface area contributed by atoms with Crippen LogP contribution in [0.3, 0.4) is 0 Å². The summed E-state index contributed by atoms with van der Waals surface area (Å²) in [6.45, 7) is -0.140. The number of esters is 1. The van der Waals surface area contributed by atoms with Crippen LogP contribution in [-0.4, -0.2) is 77.5 Å². The van der Waals surface area contributed by atoms with Crippen molar-refractivity contribution in [3.63, 3.8) is 0 Å². The molecule has 1 heterocycles. The van der Waals surface area contributed by atoms with Gasteiger partial charge in [0.25, 0.3) is 0 Å². The van der Waals surface area contributed by atoms with Crippen molar-refractivity contribution in [2.45, 2.75) is 36.9 Å². The zero-order valence-corrected chi connectivity index (χ0v) is 19.0. The summed E-state index contributed by atoms with van der Waals surface area (Å²) in [5.74, 6) is -3.04. The van der Waals surface area contributed by atoms with E-state index in [0.717, 1.165) is 34.3 Å². The minimum atomic E-state index is -1.57. The van der Waals surface area contributed by atoms with Crippen molar-refractivity contribution in [1.29, 1.82) is 0 Å². The van der Waals surface area contributed by atoms with Crippen molar-refractivity contribution in [2.75, 3.05) is 20.3 Å². The molecule has 1 fully saturated rings. The van der Waals surface area contributed by atoms with Crippen LogP contribution >= 0.6 is 0 Å². The first kappa shape index (κ1) is 24.2. The Morgan fingerprint density at radius 3 is 2.23 bits per heavy atom. The van der Waals surface area contributed by atoms with Gasteiger partial charge in [0, 0.05) is 18.9 Å². The van der Waals surface area contributed by atoms with Crippen molar-refractivity contribution >= 4 is 23.9 Å². The number of β-amino-alcohol motifs (C(OH)–C–C–N with tert-alkyl or cyclic N) is 1. The van der Waals surface area contributed by atoms with Gasteiger partial charge in [-0.05, 0) is 22.3 Å². The maximum absolute atomic E-state index is 12.7. The van der Waals surface area contributed by atoms with E-state index in [1.54, 1.807) is 0 Å². The second kappa shape index (κ2) is 10.1. The molecule has 184 valence electrons. The summed E-state index contributed by atoms with van der Waals surface area (Å²) in [5.41, 5.74) is 4.12. The summed E-state index contributed by atoms with van der Waals surface area (Å²) >= 11 is 0. The van der Waals surface area contributed by atoms with E-state index in [1.807, 2.05) is 48.5 Å². The molecule has 0 saturated carbocycles. The number of aliphatic hydroxyl groups excluding tert-OH is 1. The summed E-state index contributed by atoms with van der Waals surface area (Å²) < 4.78 is 10.0. The van der Waals surface area contributed by atoms with Gasteiger partial charge in [-0.25, -0.2) is 14.4 Å². The summed E-state index contributed by atoms with van der Waals surface area (Å²) in [4.78, 5) is 49.9. The Labute approximate surface area is 201 Å². The van der Waals surface area contributed by atoms with E-state index in [0.29, 0.717) is 0 Å². The van der Waals surface area contributed by atoms with Gasteiger partial charge in [-0.15, -0.1) is 0 Å². The van der Waals surface area contributed by atoms with Crippen molar-refractivity contribution in [1.82, 2.24) is 10.2 Å². The van der Waals surface area contributed by atoms with E-state index in [1.165, 1.54) is 0 Å². The molecule has 1 aliphatic carbocycles. The Morgan fingerprint density at radius 2 is 1.66 bits per heavy atom. The Balaban J connectivity index is 1.39. The average Bonchev–Trinajstić information content (AvgIpc) is 3.40. The quantitative estimate of drug-likeness (QED) is 0.504. The molecule has 2 aromatic rings. The monoisotopic (exact) mass is 482 g/mol. The number of methoxy groups -OCH3 is 1. The average molecular weight is 482 g/mol. The first-order chi connectivity index (χ1) is 16.8. The maximum atomic E-state index is 12.7. The van der Waals surface area contributed by atoms with Crippen molar-refractivity contribution in [2.24, 2.45) is 0 Å². The minimum absolute atomic E-state index is 0.00401. The number of aliphatic hydroxyl groups is 1. The van der Waals surface area contributed by atoms with E-state index in [9.17, 15) is 29.4 Å². The Bertz CT molecular complexity index is 1100. The first-order valence-electron chi connectivity index (χ1n) is 11.2. The lowest BCUT2D eigenvalue weighted by Gasteiger charge is -2.24. The van der Waals surface area contributed by atoms with Crippen molar-refractivity contribution in [3.05, 3.63) is 59.7 Å². The number of carbonyl (C=O) groups is 4. The van der Waals surface area contributed by atoms with Crippen LogP contribution in [0.2, 0.25) is 0 Å². The first-order valence-corrected chi connectivity index (χ1v) is 11.2. The number of carbonyl (C=O) groups excluding carboxylic acids is 3. The van der Waals surface area contributed by atoms with Crippen LogP contribution in [0.1, 0.15) is 29.9 Å². The largest absolute Gasteiger partial charge is 0.480 e. The Morgan fingerprint density at radius 1 is 1.06 bits per heavy atom. The van der Waals surface area contributed by atoms with Crippen LogP contribution < -0.4 is 5.32 Å². The van der Waals surface area contributed by atoms with E-state index >= 15 is 0 Å². The maximum Gasteiger partial charge on any atom is 0.407 e. The molecule has 0 spiro atoms. The van der Waals surface area contributed by atoms with Gasteiger partial charge in [0.15, 0.2) is 0 Å². The number of nitrogens with zero attached hydrogens (tertiary/aromatic N) is 1. The van der Waals surface area contributed by atoms with Crippen LogP contribution in [0.5, 0.6) is 0 Å². The lowest BCUT2D eigenvalue weighted by atomic mass is 9.98. The van der Waals surface area contributed by atoms with Gasteiger partial charge in [0.2, 0.25) is 5.91 Å². The molecule has 0 aromatic heterocycles. The second-order valence-corrected chi connectivity index (χ2v) is 8.54. The molecule has 3 N–H and O–H groups in total. The fourth-order valence-corrected chi connectivity index (χ4v) is 4.72. The molecule has 10 nitrogen and oxygen atoms in total. The van der Waals surface area contributed by atoms with Gasteiger partial charge in [0.05, 0.1) is 19.6 Å². The highest BCUT2D eigenvalue weighted by molar-refractivity contribution is 5.90. The summed E-state index contributed by atoms with van der Waals surface area (Å²) in [5, 5.41) is 21.6. The number of carboxylic acids is 1. The number of hydrogen-bond donors (Lipinski definition) is 3. The second-order valence-electron chi connectivity index (χ2n) is 8.54. The lowest BCUT2D eigenvalue weighted by Crippen LogP contribution is -2.48. The molecule has 10 heteroatoms. The number of fused-ring (bicyclic) bond motifs is 3. The standard InChI is InChI=1S/C25H26N2O8/c1-34-24(32)21-10-14(28)12-27(21)22(29)11-20(23(30)31)26-25(33)35-13-19-17-8-4-2-6-15(17)16-7-3-5-9-18(16)19/h2-9,14,19-21,28H,10-13H2,1H3,(H,26,33)(H,30,31)/t14-,20+,21+/m1/s1. The van der Waals surface area contributed by atoms with Crippen molar-refractivity contribution in [3.8, 4) is 11.1 Å². The van der Waals surface area contributed by atoms with Crippen LogP contribution in [0.15, 0.2) is 48.5 Å². The summed E-state index contributed by atoms with van der Waals surface area (Å²) in [6, 6.07) is 13.0. The highest BCUT2D eigenvalue weighted by atomic mass is 16.5. The lowest BCUT2D eigenvalue weighted by molar-refractivity contribution is -0.151. The van der Waals surface area contributed by atoms with Gasteiger partial charge in [-0.1, -0.05) is 48.5 Å². The highest BCUT2D eigenvalue weighted by Crippen LogP contribution is 2.44. The molecule has 1 aliphatic heterocycles. The van der Waals surface area contributed by atoms with Gasteiger partial charge < -0.3 is 29.9 Å². The molecular formula is C25H26N2O8. The number of hydrogen-bond acceptors (Lipinski definition) is 7. The van der Waals surface area contributed by atoms with Gasteiger partial charge >= 0.3 is 18.0 Å². The van der Waals surface area contributed by atoms with E-state index in [2.05, 4.69) is 10.1 Å². The number of rotatable bonds is 7. The van der Waals surface area contributed by atoms with Crippen LogP contribution in [-0.2, 0) is 23.9 Å². The third kappa shape index (κ3) is 4.97. The fraction of sp³-hybridized carbons (Fsp3) is 0.360. The van der Waals surface area contributed by atoms with Crippen LogP contribution in [0.4, 0.5) is 4.79 Å². The molecule has 2 amide bonds. The zero-order chi connectivity index (χ0) is 25.1. The number of carboxylic acid groups (broad SMARTS) is 1. The number of nitrogens with one attached hydrogen (secondary N) is 1.